The van der Waals surface area contributed by atoms with Gasteiger partial charge in [0.2, 0.25) is 0 Å². The lowest BCUT2D eigenvalue weighted by atomic mass is 9.87. The molecule has 124 valence electrons. The van der Waals surface area contributed by atoms with Gasteiger partial charge in [0.1, 0.15) is 0 Å². The highest BCUT2D eigenvalue weighted by Gasteiger charge is 2.13. The number of benzene rings is 5. The van der Waals surface area contributed by atoms with Gasteiger partial charge in [-0.3, -0.25) is 0 Å². The Balaban J connectivity index is 1.98. The molecule has 0 heteroatoms. The van der Waals surface area contributed by atoms with Crippen LogP contribution in [0.1, 0.15) is 11.1 Å². The third-order valence-electron chi connectivity index (χ3n) is 5.49. The first-order valence-corrected chi connectivity index (χ1v) is 9.13. The summed E-state index contributed by atoms with van der Waals surface area (Å²) in [6, 6.07) is 31.0. The van der Waals surface area contributed by atoms with Crippen LogP contribution >= 0.6 is 0 Å². The molecule has 0 aliphatic rings. The van der Waals surface area contributed by atoms with E-state index < -0.39 is 0 Å². The summed E-state index contributed by atoms with van der Waals surface area (Å²) in [5, 5.41) is 7.93. The maximum atomic E-state index is 2.33. The van der Waals surface area contributed by atoms with E-state index in [0.717, 1.165) is 0 Å². The van der Waals surface area contributed by atoms with Crippen molar-refractivity contribution < 1.29 is 0 Å². The molecule has 0 aliphatic carbocycles. The summed E-state index contributed by atoms with van der Waals surface area (Å²) in [5.41, 5.74) is 5.29. The van der Waals surface area contributed by atoms with E-state index in [1.807, 2.05) is 0 Å². The minimum Gasteiger partial charge on any atom is -0.0616 e. The van der Waals surface area contributed by atoms with Crippen LogP contribution in [0.4, 0.5) is 0 Å². The standard InChI is InChI=1S/C26H20/c1-17-11-14-23-18(2)22-9-5-6-10-24(22)26(25(23)15-17)21-13-12-19-7-3-4-8-20(19)16-21/h3-16H,1-2H3. The molecule has 0 N–H and O–H groups in total. The van der Waals surface area contributed by atoms with Gasteiger partial charge in [0.25, 0.3) is 0 Å². The number of hydrogen-bond donors (Lipinski definition) is 0. The summed E-state index contributed by atoms with van der Waals surface area (Å²) >= 11 is 0. The molecule has 0 saturated heterocycles. The van der Waals surface area contributed by atoms with E-state index in [0.29, 0.717) is 0 Å². The van der Waals surface area contributed by atoms with Gasteiger partial charge in [-0.1, -0.05) is 84.4 Å². The number of hydrogen-bond acceptors (Lipinski definition) is 0. The Bertz CT molecular complexity index is 1290. The molecule has 0 spiro atoms. The SMILES string of the molecule is Cc1ccc2c(C)c3ccccc3c(-c3ccc4ccccc4c3)c2c1. The van der Waals surface area contributed by atoms with E-state index >= 15 is 0 Å². The van der Waals surface area contributed by atoms with Crippen molar-refractivity contribution in [1.82, 2.24) is 0 Å². The highest BCUT2D eigenvalue weighted by Crippen LogP contribution is 2.40. The predicted molar refractivity (Wildman–Crippen MR) is 114 cm³/mol. The van der Waals surface area contributed by atoms with Crippen LogP contribution in [0.2, 0.25) is 0 Å². The molecule has 0 atom stereocenters. The summed E-state index contributed by atoms with van der Waals surface area (Å²) in [6.45, 7) is 4.41. The molecule has 0 aliphatic heterocycles. The molecule has 0 bridgehead atoms. The van der Waals surface area contributed by atoms with Gasteiger partial charge in [0.15, 0.2) is 0 Å². The molecule has 0 nitrogen and oxygen atoms in total. The third-order valence-corrected chi connectivity index (χ3v) is 5.49. The molecule has 0 radical (unpaired) electrons. The van der Waals surface area contributed by atoms with E-state index in [1.54, 1.807) is 0 Å². The maximum absolute atomic E-state index is 2.33. The molecular weight excluding hydrogens is 312 g/mol. The topological polar surface area (TPSA) is 0 Å². The molecule has 0 unspecified atom stereocenters. The summed E-state index contributed by atoms with van der Waals surface area (Å²) in [5.74, 6) is 0. The zero-order valence-corrected chi connectivity index (χ0v) is 15.1. The molecule has 26 heavy (non-hydrogen) atoms. The van der Waals surface area contributed by atoms with E-state index in [4.69, 9.17) is 0 Å². The van der Waals surface area contributed by atoms with Gasteiger partial charge in [-0.15, -0.1) is 0 Å². The van der Waals surface area contributed by atoms with Crippen molar-refractivity contribution in [3.63, 3.8) is 0 Å². The molecule has 0 aromatic heterocycles. The van der Waals surface area contributed by atoms with Gasteiger partial charge in [-0.05, 0) is 68.9 Å². The Labute approximate surface area is 153 Å². The first-order valence-electron chi connectivity index (χ1n) is 9.13. The number of aryl methyl sites for hydroxylation is 2. The van der Waals surface area contributed by atoms with Gasteiger partial charge in [-0.2, -0.15) is 0 Å². The summed E-state index contributed by atoms with van der Waals surface area (Å²) < 4.78 is 0. The van der Waals surface area contributed by atoms with E-state index in [2.05, 4.69) is 98.8 Å². The first-order chi connectivity index (χ1) is 12.7. The van der Waals surface area contributed by atoms with Gasteiger partial charge >= 0.3 is 0 Å². The Morgan fingerprint density at radius 1 is 0.500 bits per heavy atom. The van der Waals surface area contributed by atoms with Crippen molar-refractivity contribution in [1.29, 1.82) is 0 Å². The fourth-order valence-corrected chi connectivity index (χ4v) is 4.17. The molecule has 0 amide bonds. The zero-order chi connectivity index (χ0) is 17.7. The molecule has 5 aromatic rings. The van der Waals surface area contributed by atoms with E-state index in [9.17, 15) is 0 Å². The quantitative estimate of drug-likeness (QED) is 0.280. The molecule has 0 fully saturated rings. The average Bonchev–Trinajstić information content (AvgIpc) is 2.68. The monoisotopic (exact) mass is 332 g/mol. The van der Waals surface area contributed by atoms with Crippen LogP contribution in [-0.2, 0) is 0 Å². The van der Waals surface area contributed by atoms with E-state index in [1.165, 1.54) is 54.6 Å². The highest BCUT2D eigenvalue weighted by molar-refractivity contribution is 6.15. The van der Waals surface area contributed by atoms with Crippen LogP contribution in [-0.4, -0.2) is 0 Å². The van der Waals surface area contributed by atoms with Crippen molar-refractivity contribution >= 4 is 32.3 Å². The maximum Gasteiger partial charge on any atom is -0.00263 e. The van der Waals surface area contributed by atoms with Crippen molar-refractivity contribution in [2.75, 3.05) is 0 Å². The Morgan fingerprint density at radius 2 is 1.19 bits per heavy atom. The molecule has 0 saturated carbocycles. The molecule has 5 rings (SSSR count). The van der Waals surface area contributed by atoms with Crippen LogP contribution in [0.3, 0.4) is 0 Å². The van der Waals surface area contributed by atoms with Crippen LogP contribution in [0.15, 0.2) is 84.9 Å². The van der Waals surface area contributed by atoms with Crippen LogP contribution in [0, 0.1) is 13.8 Å². The minimum absolute atomic E-state index is 1.29. The summed E-state index contributed by atoms with van der Waals surface area (Å²) in [7, 11) is 0. The Hall–Kier alpha value is -3.12. The smallest absolute Gasteiger partial charge is 0.00263 e. The lowest BCUT2D eigenvalue weighted by Gasteiger charge is -2.16. The largest absolute Gasteiger partial charge is 0.0616 e. The van der Waals surface area contributed by atoms with Gasteiger partial charge in [0, 0.05) is 0 Å². The summed E-state index contributed by atoms with van der Waals surface area (Å²) in [6.07, 6.45) is 0. The van der Waals surface area contributed by atoms with Crippen molar-refractivity contribution in [3.05, 3.63) is 96.1 Å². The second-order valence-electron chi connectivity index (χ2n) is 7.16. The Kier molecular flexibility index (Phi) is 3.33. The molecule has 5 aromatic carbocycles. The van der Waals surface area contributed by atoms with Crippen LogP contribution < -0.4 is 0 Å². The van der Waals surface area contributed by atoms with Gasteiger partial charge in [-0.25, -0.2) is 0 Å². The lowest BCUT2D eigenvalue weighted by Crippen LogP contribution is -1.90. The second kappa shape index (κ2) is 5.71. The lowest BCUT2D eigenvalue weighted by molar-refractivity contribution is 1.49. The molecular formula is C26H20. The van der Waals surface area contributed by atoms with Crippen molar-refractivity contribution in [2.45, 2.75) is 13.8 Å². The first kappa shape index (κ1) is 15.2. The highest BCUT2D eigenvalue weighted by atomic mass is 14.2. The predicted octanol–water partition coefficient (Wildman–Crippen LogP) is 7.43. The van der Waals surface area contributed by atoms with Gasteiger partial charge in [0.05, 0.1) is 0 Å². The van der Waals surface area contributed by atoms with E-state index in [-0.39, 0.29) is 0 Å². The minimum atomic E-state index is 1.29. The fraction of sp³-hybridized carbons (Fsp3) is 0.0769. The van der Waals surface area contributed by atoms with Crippen molar-refractivity contribution in [3.8, 4) is 11.1 Å². The normalized spacial score (nSPS) is 11.5. The molecule has 0 heterocycles. The number of rotatable bonds is 1. The van der Waals surface area contributed by atoms with Crippen LogP contribution in [0.5, 0.6) is 0 Å². The fourth-order valence-electron chi connectivity index (χ4n) is 4.17. The van der Waals surface area contributed by atoms with Crippen LogP contribution in [0.25, 0.3) is 43.4 Å². The summed E-state index contributed by atoms with van der Waals surface area (Å²) in [4.78, 5) is 0. The second-order valence-corrected chi connectivity index (χ2v) is 7.16. The van der Waals surface area contributed by atoms with Crippen molar-refractivity contribution in [2.24, 2.45) is 0 Å². The number of fused-ring (bicyclic) bond motifs is 3. The third kappa shape index (κ3) is 2.23. The van der Waals surface area contributed by atoms with Gasteiger partial charge < -0.3 is 0 Å². The average molecular weight is 332 g/mol. The Morgan fingerprint density at radius 3 is 2.04 bits per heavy atom. The zero-order valence-electron chi connectivity index (χ0n) is 15.1.